The number of nitrogens with one attached hydrogen (secondary N) is 3. The molecular weight excluding hydrogens is 556 g/mol. The molecular formula is C33H38N8O3. The summed E-state index contributed by atoms with van der Waals surface area (Å²) in [5.41, 5.74) is 11.2. The number of aryl methyl sites for hydroxylation is 1. The van der Waals surface area contributed by atoms with Crippen LogP contribution in [-0.2, 0) is 13.6 Å². The zero-order chi connectivity index (χ0) is 30.5. The minimum Gasteiger partial charge on any atom is -0.410 e. The molecule has 44 heavy (non-hydrogen) atoms. The summed E-state index contributed by atoms with van der Waals surface area (Å²) in [7, 11) is 1.82. The number of anilines is 1. The first-order valence-electron chi connectivity index (χ1n) is 15.1. The maximum atomic E-state index is 13.1. The van der Waals surface area contributed by atoms with Crippen molar-refractivity contribution in [2.75, 3.05) is 31.9 Å². The number of carbonyl (C=O) groups excluding carboxylic acids is 2. The number of piperidine rings is 1. The fourth-order valence-electron chi connectivity index (χ4n) is 5.70. The molecule has 2 aromatic heterocycles. The second-order valence-corrected chi connectivity index (χ2v) is 11.5. The molecule has 2 aliphatic heterocycles. The van der Waals surface area contributed by atoms with Crippen molar-refractivity contribution in [3.05, 3.63) is 84.3 Å². The average molecular weight is 595 g/mol. The Balaban J connectivity index is 1.02. The predicted octanol–water partition coefficient (Wildman–Crippen LogP) is 3.58. The van der Waals surface area contributed by atoms with Gasteiger partial charge in [-0.3, -0.25) is 9.48 Å². The number of nitrogens with zero attached hydrogens (tertiary/aromatic N) is 4. The van der Waals surface area contributed by atoms with Crippen LogP contribution >= 0.6 is 0 Å². The standard InChI is InChI=1S/C33H38N8O3/c1-40-20-26(18-38-40)25-15-30(31(34)37-17-25)32(42)39-28-11-13-41(21-28)33(43)44-29-6-2-4-24(14-29)23-9-7-22(8-10-23)16-36-27-5-3-12-35-19-27/h2,4,6-10,14-15,17-18,20,27-28,35-36H,3,5,11-13,16,19,21H2,1H3,(H2,34,37)(H,39,42)/t27-,28+/m0/s1. The van der Waals surface area contributed by atoms with Gasteiger partial charge in [-0.2, -0.15) is 5.10 Å². The maximum absolute atomic E-state index is 13.1. The molecule has 5 N–H and O–H groups in total. The Morgan fingerprint density at radius 3 is 2.66 bits per heavy atom. The SMILES string of the molecule is Cn1cc(-c2cnc(N)c(C(=O)N[C@@H]3CCN(C(=O)Oc4cccc(-c5ccc(CN[C@H]6CCCNC6)cc5)c4)C3)c2)cn1. The predicted molar refractivity (Wildman–Crippen MR) is 169 cm³/mol. The van der Waals surface area contributed by atoms with Crippen LogP contribution in [0.25, 0.3) is 22.3 Å². The molecule has 6 rings (SSSR count). The van der Waals surface area contributed by atoms with E-state index in [-0.39, 0.29) is 23.3 Å². The lowest BCUT2D eigenvalue weighted by atomic mass is 10.0. The van der Waals surface area contributed by atoms with E-state index in [1.807, 2.05) is 31.4 Å². The van der Waals surface area contributed by atoms with Crippen LogP contribution in [-0.4, -0.2) is 69.9 Å². The van der Waals surface area contributed by atoms with Crippen molar-refractivity contribution < 1.29 is 14.3 Å². The van der Waals surface area contributed by atoms with Gasteiger partial charge < -0.3 is 31.3 Å². The van der Waals surface area contributed by atoms with E-state index >= 15 is 0 Å². The molecule has 2 aromatic carbocycles. The first-order valence-corrected chi connectivity index (χ1v) is 15.1. The highest BCUT2D eigenvalue weighted by Gasteiger charge is 2.29. The van der Waals surface area contributed by atoms with Gasteiger partial charge in [-0.05, 0) is 60.7 Å². The van der Waals surface area contributed by atoms with E-state index < -0.39 is 6.09 Å². The molecule has 2 fully saturated rings. The van der Waals surface area contributed by atoms with Crippen molar-refractivity contribution in [1.29, 1.82) is 0 Å². The van der Waals surface area contributed by atoms with Crippen LogP contribution in [0.3, 0.4) is 0 Å². The molecule has 0 spiro atoms. The Morgan fingerprint density at radius 1 is 1.02 bits per heavy atom. The molecule has 11 nitrogen and oxygen atoms in total. The van der Waals surface area contributed by atoms with Gasteiger partial charge in [-0.1, -0.05) is 36.4 Å². The van der Waals surface area contributed by atoms with Crippen molar-refractivity contribution in [2.24, 2.45) is 7.05 Å². The zero-order valence-electron chi connectivity index (χ0n) is 24.8. The van der Waals surface area contributed by atoms with Crippen molar-refractivity contribution in [3.63, 3.8) is 0 Å². The normalized spacial score (nSPS) is 18.2. The highest BCUT2D eigenvalue weighted by atomic mass is 16.6. The van der Waals surface area contributed by atoms with Crippen molar-refractivity contribution >= 4 is 17.8 Å². The fraction of sp³-hybridized carbons (Fsp3) is 0.333. The van der Waals surface area contributed by atoms with Crippen LogP contribution in [0, 0.1) is 0 Å². The molecule has 11 heteroatoms. The lowest BCUT2D eigenvalue weighted by Crippen LogP contribution is -2.42. The molecule has 0 bridgehead atoms. The third-order valence-corrected chi connectivity index (χ3v) is 8.20. The number of pyridine rings is 1. The summed E-state index contributed by atoms with van der Waals surface area (Å²) >= 11 is 0. The molecule has 2 amide bonds. The fourth-order valence-corrected chi connectivity index (χ4v) is 5.70. The van der Waals surface area contributed by atoms with Gasteiger partial charge in [0.2, 0.25) is 0 Å². The molecule has 0 saturated carbocycles. The van der Waals surface area contributed by atoms with Crippen LogP contribution in [0.5, 0.6) is 5.75 Å². The van der Waals surface area contributed by atoms with Crippen LogP contribution in [0.2, 0.25) is 0 Å². The van der Waals surface area contributed by atoms with E-state index in [1.165, 1.54) is 18.4 Å². The molecule has 0 unspecified atom stereocenters. The van der Waals surface area contributed by atoms with E-state index in [4.69, 9.17) is 10.5 Å². The molecule has 0 radical (unpaired) electrons. The number of aromatic nitrogens is 3. The van der Waals surface area contributed by atoms with Gasteiger partial charge in [0.05, 0.1) is 11.8 Å². The van der Waals surface area contributed by atoms with E-state index in [9.17, 15) is 9.59 Å². The highest BCUT2D eigenvalue weighted by molar-refractivity contribution is 5.99. The van der Waals surface area contributed by atoms with E-state index in [0.29, 0.717) is 31.3 Å². The van der Waals surface area contributed by atoms with Crippen LogP contribution < -0.4 is 26.4 Å². The molecule has 4 heterocycles. The monoisotopic (exact) mass is 594 g/mol. The van der Waals surface area contributed by atoms with Gasteiger partial charge in [-0.25, -0.2) is 9.78 Å². The topological polar surface area (TPSA) is 139 Å². The smallest absolute Gasteiger partial charge is 0.410 e. The zero-order valence-corrected chi connectivity index (χ0v) is 24.8. The number of nitrogen functional groups attached to an aromatic ring is 1. The molecule has 2 atom stereocenters. The van der Waals surface area contributed by atoms with Crippen molar-refractivity contribution in [1.82, 2.24) is 35.6 Å². The Morgan fingerprint density at radius 2 is 1.89 bits per heavy atom. The summed E-state index contributed by atoms with van der Waals surface area (Å²) in [5.74, 6) is 0.288. The number of likely N-dealkylation sites (tertiary alicyclic amines) is 1. The number of hydrogen-bond acceptors (Lipinski definition) is 8. The second-order valence-electron chi connectivity index (χ2n) is 11.5. The molecule has 2 saturated heterocycles. The van der Waals surface area contributed by atoms with Crippen molar-refractivity contribution in [3.8, 4) is 28.0 Å². The Kier molecular flexibility index (Phi) is 8.85. The largest absolute Gasteiger partial charge is 0.415 e. The Bertz CT molecular complexity index is 1610. The third kappa shape index (κ3) is 7.07. The first-order chi connectivity index (χ1) is 21.4. The van der Waals surface area contributed by atoms with Gasteiger partial charge in [0, 0.05) is 68.8 Å². The summed E-state index contributed by atoms with van der Waals surface area (Å²) < 4.78 is 7.41. The Hall–Kier alpha value is -4.74. The number of benzene rings is 2. The summed E-state index contributed by atoms with van der Waals surface area (Å²) in [6.45, 7) is 3.77. The minimum atomic E-state index is -0.447. The van der Waals surface area contributed by atoms with Crippen molar-refractivity contribution in [2.45, 2.75) is 37.9 Å². The second kappa shape index (κ2) is 13.3. The van der Waals surface area contributed by atoms with Crippen LogP contribution in [0.15, 0.2) is 73.2 Å². The van der Waals surface area contributed by atoms with E-state index in [0.717, 1.165) is 41.9 Å². The van der Waals surface area contributed by atoms with Gasteiger partial charge in [0.15, 0.2) is 0 Å². The number of rotatable bonds is 8. The first kappa shape index (κ1) is 29.3. The number of ether oxygens (including phenoxy) is 1. The Labute approximate surface area is 256 Å². The summed E-state index contributed by atoms with van der Waals surface area (Å²) in [6, 6.07) is 18.0. The number of amides is 2. The summed E-state index contributed by atoms with van der Waals surface area (Å²) in [6.07, 6.45) is 7.74. The lowest BCUT2D eigenvalue weighted by molar-refractivity contribution is 0.0937. The maximum Gasteiger partial charge on any atom is 0.415 e. The lowest BCUT2D eigenvalue weighted by Gasteiger charge is -2.24. The summed E-state index contributed by atoms with van der Waals surface area (Å²) in [4.78, 5) is 31.9. The van der Waals surface area contributed by atoms with Crippen LogP contribution in [0.4, 0.5) is 10.6 Å². The minimum absolute atomic E-state index is 0.146. The summed E-state index contributed by atoms with van der Waals surface area (Å²) in [5, 5.41) is 14.2. The van der Waals surface area contributed by atoms with Gasteiger partial charge in [-0.15, -0.1) is 0 Å². The third-order valence-electron chi connectivity index (χ3n) is 8.20. The number of nitrogens with two attached hydrogens (primary N) is 1. The quantitative estimate of drug-likeness (QED) is 0.243. The number of carbonyl (C=O) groups is 2. The molecule has 4 aromatic rings. The number of hydrogen-bond donors (Lipinski definition) is 4. The molecule has 2 aliphatic rings. The molecule has 228 valence electrons. The highest BCUT2D eigenvalue weighted by Crippen LogP contribution is 2.26. The van der Waals surface area contributed by atoms with E-state index in [2.05, 4.69) is 50.3 Å². The van der Waals surface area contributed by atoms with E-state index in [1.54, 1.807) is 34.1 Å². The van der Waals surface area contributed by atoms with Gasteiger partial charge in [0.1, 0.15) is 11.6 Å². The van der Waals surface area contributed by atoms with Gasteiger partial charge >= 0.3 is 6.09 Å². The van der Waals surface area contributed by atoms with Crippen LogP contribution in [0.1, 0.15) is 35.2 Å². The molecule has 0 aliphatic carbocycles. The van der Waals surface area contributed by atoms with Gasteiger partial charge in [0.25, 0.3) is 5.91 Å². The average Bonchev–Trinajstić information content (AvgIpc) is 3.70.